The maximum Gasteiger partial charge on any atom is 0.323 e. The van der Waals surface area contributed by atoms with Crippen LogP contribution in [0.2, 0.25) is 0 Å². The molecule has 4 aromatic rings. The molecule has 1 aliphatic heterocycles. The van der Waals surface area contributed by atoms with Crippen molar-refractivity contribution < 1.29 is 140 Å². The summed E-state index contributed by atoms with van der Waals surface area (Å²) in [5.41, 5.74) is 0.600. The van der Waals surface area contributed by atoms with E-state index in [0.29, 0.717) is 18.0 Å². The Bertz CT molecular complexity index is 3770. The number of aryl methyl sites for hydroxylation is 3. The van der Waals surface area contributed by atoms with Crippen molar-refractivity contribution in [2.45, 2.75) is 56.3 Å². The van der Waals surface area contributed by atoms with E-state index in [1.165, 1.54) is 51.8 Å². The van der Waals surface area contributed by atoms with Crippen molar-refractivity contribution in [3.8, 4) is 5.75 Å². The van der Waals surface area contributed by atoms with Crippen LogP contribution in [0.4, 0.5) is 5.95 Å². The second-order valence-corrected chi connectivity index (χ2v) is 26.4. The van der Waals surface area contributed by atoms with Crippen molar-refractivity contribution in [3.63, 3.8) is 0 Å². The molecule has 37 nitrogen and oxygen atoms in total. The number of anilines is 1. The zero-order valence-electron chi connectivity index (χ0n) is 51.5. The summed E-state index contributed by atoms with van der Waals surface area (Å²) in [6.07, 6.45) is 4.42. The zero-order chi connectivity index (χ0) is 69.7. The molecule has 0 aliphatic carbocycles. The predicted molar refractivity (Wildman–Crippen MR) is 331 cm³/mol. The number of rotatable bonds is 34. The number of pyridine rings is 1. The van der Waals surface area contributed by atoms with Gasteiger partial charge >= 0.3 is 23.9 Å². The number of carbonyl (C=O) groups excluding carboxylic acids is 5. The fourth-order valence-electron chi connectivity index (χ4n) is 9.79. The summed E-state index contributed by atoms with van der Waals surface area (Å²) < 4.78 is 104. The first-order valence-electron chi connectivity index (χ1n) is 28.8. The first-order valence-corrected chi connectivity index (χ1v) is 33.5. The molecule has 1 aliphatic rings. The first kappa shape index (κ1) is 79.9. The molecule has 2 aromatic heterocycles. The number of carboxylic acid groups (broad SMARTS) is 4. The Morgan fingerprint density at radius 2 is 1.18 bits per heavy atom. The van der Waals surface area contributed by atoms with Crippen molar-refractivity contribution in [2.24, 2.45) is 7.05 Å². The number of ether oxygens (including phenoxy) is 1. The average molecular weight is 1560 g/mol. The molecule has 1 fully saturated rings. The Labute approximate surface area is 573 Å². The number of nitrogens with zero attached hydrogens (tertiary/aromatic N) is 6. The number of hydrogen-bond acceptors (Lipinski definition) is 23. The molecule has 0 saturated carbocycles. The van der Waals surface area contributed by atoms with Gasteiger partial charge in [-0.25, -0.2) is 13.4 Å². The number of aliphatic carboxylic acids is 4. The number of benzene rings is 2. The topological polar surface area (TPSA) is 535 Å². The second kappa shape index (κ2) is 37.1. The van der Waals surface area contributed by atoms with Crippen molar-refractivity contribution in [1.29, 1.82) is 0 Å². The number of carbonyl (C=O) groups is 9. The number of aromatic amines is 1. The monoisotopic (exact) mass is 1560 g/mol. The van der Waals surface area contributed by atoms with Gasteiger partial charge in [-0.1, -0.05) is 6.07 Å². The SMILES string of the molecule is Cc1cc(OCCCC(=O)NCCNC(=O)C(CS(=O)(=O)O)NC(=O)C(CS(=O)(=O)O)NC(=O)CN2CCN(CC(=O)O)CCN(CC(=O)O)CCN(CC(=O)O)CC2)cc(C)c1S(=O)(=O)NC(CNC(=O)c1cn(C)c2cc(CNc3ncc[nH]3)ccc2c1=O)C(=O)O.[177Lu]. The number of carboxylic acids is 4. The number of hydrogen-bond donors (Lipinski definition) is 14. The molecule has 14 N–H and O–H groups in total. The van der Waals surface area contributed by atoms with Gasteiger partial charge in [0.25, 0.3) is 26.1 Å². The van der Waals surface area contributed by atoms with Crippen molar-refractivity contribution in [2.75, 3.05) is 122 Å². The number of amides is 5. The van der Waals surface area contributed by atoms with Crippen LogP contribution in [0, 0.1) is 50.7 Å². The van der Waals surface area contributed by atoms with Gasteiger partial charge in [0.1, 0.15) is 40.9 Å². The Morgan fingerprint density at radius 1 is 0.663 bits per heavy atom. The minimum atomic E-state index is -5.12. The molecule has 533 valence electrons. The van der Waals surface area contributed by atoms with Crippen LogP contribution in [0.5, 0.6) is 5.75 Å². The molecule has 5 amide bonds. The van der Waals surface area contributed by atoms with Crippen LogP contribution in [0.3, 0.4) is 0 Å². The number of fused-ring (bicyclic) bond motifs is 1. The van der Waals surface area contributed by atoms with E-state index in [1.807, 2.05) is 5.32 Å². The minimum Gasteiger partial charge on any atom is -0.494 e. The third-order valence-corrected chi connectivity index (χ3v) is 17.5. The van der Waals surface area contributed by atoms with E-state index in [4.69, 9.17) is 4.74 Å². The van der Waals surface area contributed by atoms with Gasteiger partial charge in [0, 0.05) is 153 Å². The van der Waals surface area contributed by atoms with Crippen LogP contribution >= 0.6 is 0 Å². The molecule has 0 bridgehead atoms. The van der Waals surface area contributed by atoms with Gasteiger partial charge in [-0.15, -0.1) is 0 Å². The molecule has 2 aromatic carbocycles. The van der Waals surface area contributed by atoms with Gasteiger partial charge in [0.2, 0.25) is 39.1 Å². The van der Waals surface area contributed by atoms with E-state index in [0.717, 1.165) is 5.56 Å². The number of H-pyrrole nitrogens is 1. The summed E-state index contributed by atoms with van der Waals surface area (Å²) in [4.78, 5) is 140. The summed E-state index contributed by atoms with van der Waals surface area (Å²) in [7, 11) is -13.2. The van der Waals surface area contributed by atoms with Crippen molar-refractivity contribution in [3.05, 3.63) is 81.4 Å². The number of aromatic nitrogens is 3. The molecule has 3 heterocycles. The fourth-order valence-corrected chi connectivity index (χ4v) is 12.7. The molecule has 3 atom stereocenters. The third-order valence-electron chi connectivity index (χ3n) is 14.2. The molecule has 3 unspecified atom stereocenters. The standard InChI is InChI=1S/C54H76N14O23S3.Lu/c1-33-21-36(22-34(2)49(33)94(89,90)63-39(53(81)82)25-59-50(78)38-26-64(3)42-23-35(6-7-37(42)48(38)77)24-60-54-57-10-11-58-54)91-20-4-5-43(69)55-8-9-56-51(79)40(31-92(83,84)85)62-52(80)41(32-93(86,87)88)61-44(70)27-65-12-14-66(28-45(71)72)16-18-68(30-47(75)76)19-17-67(15-13-65)29-46(73)74;/h6-7,10-11,21-23,26,39-41,63H,4-5,8-9,12-20,24-25,27-32H2,1-3H3,(H,55,69)(H,56,79)(H,59,78)(H,61,70)(H,62,80)(H,71,72)(H,73,74)(H,75,76)(H,81,82)(H2,57,58,60)(H,83,84,85)(H,86,87,88);/i;1+2. The summed E-state index contributed by atoms with van der Waals surface area (Å²) >= 11 is 0. The van der Waals surface area contributed by atoms with E-state index in [2.05, 4.69) is 41.3 Å². The van der Waals surface area contributed by atoms with Gasteiger partial charge in [-0.2, -0.15) is 21.6 Å². The van der Waals surface area contributed by atoms with Gasteiger partial charge in [0.15, 0.2) is 5.95 Å². The van der Waals surface area contributed by atoms with Gasteiger partial charge in [-0.05, 0) is 61.2 Å². The largest absolute Gasteiger partial charge is 0.494 e. The van der Waals surface area contributed by atoms with Crippen LogP contribution in [0.15, 0.2) is 58.6 Å². The van der Waals surface area contributed by atoms with Gasteiger partial charge < -0.3 is 66.6 Å². The van der Waals surface area contributed by atoms with Crippen LogP contribution in [0.1, 0.15) is 39.9 Å². The molecular weight excluding hydrogens is 1490 g/mol. The quantitative estimate of drug-likeness (QED) is 0.0154. The number of imidazole rings is 1. The molecular formula is C54H76LuN14O23S3. The minimum absolute atomic E-state index is 0. The molecule has 95 heavy (non-hydrogen) atoms. The molecule has 0 spiro atoms. The number of nitrogens with one attached hydrogen (secondary N) is 8. The summed E-state index contributed by atoms with van der Waals surface area (Å²) in [6.45, 7) is -0.464. The zero-order valence-corrected chi connectivity index (χ0v) is 55.6. The van der Waals surface area contributed by atoms with E-state index < -0.39 is 158 Å². The van der Waals surface area contributed by atoms with E-state index >= 15 is 0 Å². The normalized spacial score (nSPS) is 15.1. The maximum absolute atomic E-state index is 13.7. The van der Waals surface area contributed by atoms with E-state index in [1.54, 1.807) is 42.2 Å². The van der Waals surface area contributed by atoms with Crippen LogP contribution in [-0.2, 0) is 82.2 Å². The van der Waals surface area contributed by atoms with Crippen LogP contribution in [-0.4, -0.2) is 277 Å². The molecule has 1 radical (unpaired) electrons. The molecule has 1 saturated heterocycles. The molecule has 41 heteroatoms. The van der Waals surface area contributed by atoms with Crippen molar-refractivity contribution in [1.82, 2.24) is 65.4 Å². The Kier molecular flexibility index (Phi) is 31.2. The van der Waals surface area contributed by atoms with Gasteiger partial charge in [0.05, 0.1) is 43.2 Å². The van der Waals surface area contributed by atoms with Gasteiger partial charge in [-0.3, -0.25) is 76.7 Å². The first-order chi connectivity index (χ1) is 44.1. The fraction of sp³-hybridized carbons (Fsp3) is 0.500. The number of sulfonamides is 1. The summed E-state index contributed by atoms with van der Waals surface area (Å²) in [5, 5.41) is 52.8. The van der Waals surface area contributed by atoms with Crippen molar-refractivity contribution >= 4 is 101 Å². The maximum atomic E-state index is 13.7. The summed E-state index contributed by atoms with van der Waals surface area (Å²) in [6, 6.07) is 1.41. The average Bonchev–Trinajstić information content (AvgIpc) is 0.951. The Balaban J connectivity index is 0.0000192. The van der Waals surface area contributed by atoms with Crippen LogP contribution < -0.4 is 46.8 Å². The Morgan fingerprint density at radius 3 is 1.67 bits per heavy atom. The van der Waals surface area contributed by atoms with E-state index in [9.17, 15) is 103 Å². The smallest absolute Gasteiger partial charge is 0.323 e. The molecule has 5 rings (SSSR count). The third kappa shape index (κ3) is 27.6. The van der Waals surface area contributed by atoms with E-state index in [-0.39, 0.29) is 148 Å². The Hall–Kier alpha value is -7.51. The van der Waals surface area contributed by atoms with Crippen LogP contribution in [0.25, 0.3) is 10.9 Å². The second-order valence-electron chi connectivity index (χ2n) is 21.8. The predicted octanol–water partition coefficient (Wildman–Crippen LogP) is -4.74. The summed E-state index contributed by atoms with van der Waals surface area (Å²) in [5.74, 6) is -13.0.